The van der Waals surface area contributed by atoms with Crippen LogP contribution < -0.4 is 4.90 Å². The summed E-state index contributed by atoms with van der Waals surface area (Å²) in [5.41, 5.74) is 1.94. The number of halogens is 1. The summed E-state index contributed by atoms with van der Waals surface area (Å²) >= 11 is 0. The van der Waals surface area contributed by atoms with Crippen LogP contribution in [0.1, 0.15) is 11.3 Å². The lowest BCUT2D eigenvalue weighted by atomic mass is 10.1. The Balaban J connectivity index is 1.31. The molecule has 4 aromatic rings. The second kappa shape index (κ2) is 7.61. The molecule has 0 spiro atoms. The summed E-state index contributed by atoms with van der Waals surface area (Å²) in [6, 6.07) is 12.3. The van der Waals surface area contributed by atoms with Gasteiger partial charge in [0.2, 0.25) is 11.6 Å². The topological polar surface area (TPSA) is 82.3 Å². The Morgan fingerprint density at radius 1 is 1.13 bits per heavy atom. The van der Waals surface area contributed by atoms with Gasteiger partial charge in [0, 0.05) is 44.3 Å². The van der Waals surface area contributed by atoms with E-state index in [9.17, 15) is 9.65 Å². The highest BCUT2D eigenvalue weighted by molar-refractivity contribution is 5.81. The molecular weight excluding hydrogens is 385 g/mol. The number of piperazine rings is 1. The minimum atomic E-state index is -0.255. The maximum atomic E-state index is 14.0. The molecule has 0 atom stereocenters. The van der Waals surface area contributed by atoms with Crippen molar-refractivity contribution in [2.45, 2.75) is 6.54 Å². The monoisotopic (exact) mass is 403 g/mol. The van der Waals surface area contributed by atoms with Crippen LogP contribution in [0.3, 0.4) is 0 Å². The fourth-order valence-corrected chi connectivity index (χ4v) is 3.80. The summed E-state index contributed by atoms with van der Waals surface area (Å²) in [4.78, 5) is 12.9. The van der Waals surface area contributed by atoms with Gasteiger partial charge in [-0.05, 0) is 35.9 Å². The van der Waals surface area contributed by atoms with E-state index in [1.807, 2.05) is 17.0 Å². The van der Waals surface area contributed by atoms with Gasteiger partial charge in [0.15, 0.2) is 5.76 Å². The van der Waals surface area contributed by atoms with Gasteiger partial charge in [0.1, 0.15) is 11.9 Å². The van der Waals surface area contributed by atoms with Crippen molar-refractivity contribution in [3.05, 3.63) is 65.9 Å². The molecule has 150 valence electrons. The van der Waals surface area contributed by atoms with E-state index in [0.29, 0.717) is 37.2 Å². The van der Waals surface area contributed by atoms with Gasteiger partial charge >= 0.3 is 0 Å². The fraction of sp³-hybridized carbons (Fsp3) is 0.227. The number of furan rings is 1. The highest BCUT2D eigenvalue weighted by Crippen LogP contribution is 2.29. The van der Waals surface area contributed by atoms with Crippen LogP contribution in [0.25, 0.3) is 22.6 Å². The first-order valence-corrected chi connectivity index (χ1v) is 9.66. The predicted octanol–water partition coefficient (Wildman–Crippen LogP) is 3.82. The molecule has 1 aliphatic heterocycles. The van der Waals surface area contributed by atoms with Crippen molar-refractivity contribution in [1.82, 2.24) is 14.9 Å². The molecule has 7 nitrogen and oxygen atoms in total. The number of hydrogen-bond acceptors (Lipinski definition) is 7. The van der Waals surface area contributed by atoms with Crippen LogP contribution >= 0.6 is 0 Å². The van der Waals surface area contributed by atoms with E-state index in [0.717, 1.165) is 29.6 Å². The van der Waals surface area contributed by atoms with Crippen molar-refractivity contribution >= 4 is 16.8 Å². The molecule has 1 fully saturated rings. The summed E-state index contributed by atoms with van der Waals surface area (Å²) in [6.07, 6.45) is 3.26. The molecule has 0 amide bonds. The van der Waals surface area contributed by atoms with Crippen LogP contribution in [0, 0.1) is 17.1 Å². The van der Waals surface area contributed by atoms with E-state index in [1.165, 1.54) is 12.3 Å². The first-order chi connectivity index (χ1) is 14.7. The summed E-state index contributed by atoms with van der Waals surface area (Å²) in [5.74, 6) is 0.990. The molecule has 1 aliphatic rings. The van der Waals surface area contributed by atoms with Gasteiger partial charge in [-0.15, -0.1) is 0 Å². The number of oxazole rings is 1. The average molecular weight is 403 g/mol. The second-order valence-electron chi connectivity index (χ2n) is 7.17. The highest BCUT2D eigenvalue weighted by Gasteiger charge is 2.25. The largest absolute Gasteiger partial charge is 0.459 e. The smallest absolute Gasteiger partial charge is 0.266 e. The minimum absolute atomic E-state index is 0.246. The molecule has 0 bridgehead atoms. The molecular formula is C22H18FN5O2. The predicted molar refractivity (Wildman–Crippen MR) is 108 cm³/mol. The average Bonchev–Trinajstić information content (AvgIpc) is 3.44. The summed E-state index contributed by atoms with van der Waals surface area (Å²) in [5, 5.41) is 10.3. The Morgan fingerprint density at radius 2 is 2.00 bits per heavy atom. The first kappa shape index (κ1) is 18.3. The molecule has 0 saturated carbocycles. The fourth-order valence-electron chi connectivity index (χ4n) is 3.80. The zero-order valence-corrected chi connectivity index (χ0v) is 16.1. The lowest BCUT2D eigenvalue weighted by Crippen LogP contribution is -2.46. The maximum absolute atomic E-state index is 14.0. The Morgan fingerprint density at radius 3 is 2.77 bits per heavy atom. The van der Waals surface area contributed by atoms with Crippen molar-refractivity contribution in [2.24, 2.45) is 0 Å². The molecule has 30 heavy (non-hydrogen) atoms. The Kier molecular flexibility index (Phi) is 4.65. The third-order valence-electron chi connectivity index (χ3n) is 5.25. The summed E-state index contributed by atoms with van der Waals surface area (Å²) in [7, 11) is 0. The van der Waals surface area contributed by atoms with E-state index in [4.69, 9.17) is 8.83 Å². The number of aromatic nitrogens is 2. The van der Waals surface area contributed by atoms with Crippen LogP contribution in [-0.4, -0.2) is 41.0 Å². The third-order valence-corrected chi connectivity index (χ3v) is 5.25. The van der Waals surface area contributed by atoms with E-state index < -0.39 is 0 Å². The number of nitriles is 1. The number of anilines is 1. The molecule has 4 heterocycles. The van der Waals surface area contributed by atoms with Crippen molar-refractivity contribution in [1.29, 1.82) is 5.26 Å². The standard InChI is InChI=1S/C22H18FN5O2/c23-17-11-15-3-1-5-25-20(15)16(12-17)14-27-6-8-28(9-7-27)22-18(13-24)26-21(30-22)19-4-2-10-29-19/h1-5,10-12H,6-9,14H2. The molecule has 0 aliphatic carbocycles. The van der Waals surface area contributed by atoms with Gasteiger partial charge in [-0.25, -0.2) is 4.39 Å². The van der Waals surface area contributed by atoms with Gasteiger partial charge < -0.3 is 13.7 Å². The highest BCUT2D eigenvalue weighted by atomic mass is 19.1. The third kappa shape index (κ3) is 3.40. The van der Waals surface area contributed by atoms with Crippen LogP contribution in [0.15, 0.2) is 57.7 Å². The molecule has 1 saturated heterocycles. The molecule has 0 radical (unpaired) electrons. The molecule has 5 rings (SSSR count). The number of fused-ring (bicyclic) bond motifs is 1. The van der Waals surface area contributed by atoms with Crippen molar-refractivity contribution in [3.8, 4) is 17.7 Å². The zero-order chi connectivity index (χ0) is 20.5. The molecule has 8 heteroatoms. The van der Waals surface area contributed by atoms with Gasteiger partial charge in [-0.1, -0.05) is 6.07 Å². The van der Waals surface area contributed by atoms with Crippen molar-refractivity contribution in [2.75, 3.05) is 31.1 Å². The first-order valence-electron chi connectivity index (χ1n) is 9.66. The number of nitrogens with zero attached hydrogens (tertiary/aromatic N) is 5. The van der Waals surface area contributed by atoms with Gasteiger partial charge in [0.05, 0.1) is 11.8 Å². The number of rotatable bonds is 4. The quantitative estimate of drug-likeness (QED) is 0.512. The second-order valence-corrected chi connectivity index (χ2v) is 7.17. The number of pyridine rings is 1. The molecule has 0 N–H and O–H groups in total. The minimum Gasteiger partial charge on any atom is -0.459 e. The van der Waals surface area contributed by atoms with Crippen LogP contribution in [-0.2, 0) is 6.54 Å². The van der Waals surface area contributed by atoms with Crippen LogP contribution in [0.2, 0.25) is 0 Å². The van der Waals surface area contributed by atoms with Crippen LogP contribution in [0.4, 0.5) is 10.3 Å². The van der Waals surface area contributed by atoms with Crippen molar-refractivity contribution in [3.63, 3.8) is 0 Å². The SMILES string of the molecule is N#Cc1nc(-c2ccco2)oc1N1CCN(Cc2cc(F)cc3cccnc23)CC1. The lowest BCUT2D eigenvalue weighted by molar-refractivity contribution is 0.246. The van der Waals surface area contributed by atoms with Gasteiger partial charge in [0.25, 0.3) is 5.89 Å². The van der Waals surface area contributed by atoms with E-state index in [2.05, 4.69) is 20.9 Å². The van der Waals surface area contributed by atoms with Gasteiger partial charge in [-0.3, -0.25) is 9.88 Å². The van der Waals surface area contributed by atoms with E-state index in [1.54, 1.807) is 24.4 Å². The zero-order valence-electron chi connectivity index (χ0n) is 16.1. The molecule has 0 unspecified atom stereocenters. The number of benzene rings is 1. The normalized spacial score (nSPS) is 14.9. The maximum Gasteiger partial charge on any atom is 0.266 e. The van der Waals surface area contributed by atoms with E-state index >= 15 is 0 Å². The van der Waals surface area contributed by atoms with E-state index in [-0.39, 0.29) is 11.5 Å². The molecule has 1 aromatic carbocycles. The molecule has 3 aromatic heterocycles. The number of hydrogen-bond donors (Lipinski definition) is 0. The Labute approximate surface area is 172 Å². The summed E-state index contributed by atoms with van der Waals surface area (Å²) in [6.45, 7) is 3.43. The van der Waals surface area contributed by atoms with Crippen LogP contribution in [0.5, 0.6) is 0 Å². The van der Waals surface area contributed by atoms with Gasteiger partial charge in [-0.2, -0.15) is 10.2 Å². The Bertz CT molecular complexity index is 1220. The van der Waals surface area contributed by atoms with Crippen molar-refractivity contribution < 1.29 is 13.2 Å². The Hall–Kier alpha value is -3.70. The summed E-state index contributed by atoms with van der Waals surface area (Å²) < 4.78 is 25.2. The lowest BCUT2D eigenvalue weighted by Gasteiger charge is -2.34.